The molecule has 3 aromatic carbocycles. The van der Waals surface area contributed by atoms with E-state index < -0.39 is 5.41 Å². The Balaban J connectivity index is 1.98. The Morgan fingerprint density at radius 3 is 1.59 bits per heavy atom. The van der Waals surface area contributed by atoms with Crippen LogP contribution in [0, 0.1) is 5.41 Å². The van der Waals surface area contributed by atoms with Gasteiger partial charge in [0.1, 0.15) is 0 Å². The minimum Gasteiger partial charge on any atom is -0.469 e. The van der Waals surface area contributed by atoms with E-state index >= 15 is 0 Å². The van der Waals surface area contributed by atoms with Gasteiger partial charge in [0.25, 0.3) is 0 Å². The van der Waals surface area contributed by atoms with Gasteiger partial charge in [0.2, 0.25) is 0 Å². The zero-order chi connectivity index (χ0) is 20.7. The maximum Gasteiger partial charge on any atom is 0.311 e. The SMILES string of the molecule is COC(=O)C(C)(C)CC(CC(c1ccccc1)c1ccccc1)c1ccccc1. The van der Waals surface area contributed by atoms with Crippen molar-refractivity contribution in [3.8, 4) is 0 Å². The van der Waals surface area contributed by atoms with E-state index in [-0.39, 0.29) is 17.8 Å². The third kappa shape index (κ3) is 5.35. The highest BCUT2D eigenvalue weighted by Crippen LogP contribution is 2.41. The lowest BCUT2D eigenvalue weighted by Gasteiger charge is -2.31. The Morgan fingerprint density at radius 2 is 1.17 bits per heavy atom. The molecule has 0 radical (unpaired) electrons. The summed E-state index contributed by atoms with van der Waals surface area (Å²) in [6, 6.07) is 31.8. The van der Waals surface area contributed by atoms with Crippen LogP contribution in [0.3, 0.4) is 0 Å². The molecule has 0 N–H and O–H groups in total. The van der Waals surface area contributed by atoms with Gasteiger partial charge in [-0.05, 0) is 49.3 Å². The first-order valence-corrected chi connectivity index (χ1v) is 10.2. The van der Waals surface area contributed by atoms with E-state index in [1.54, 1.807) is 0 Å². The Labute approximate surface area is 174 Å². The van der Waals surface area contributed by atoms with Gasteiger partial charge in [0.15, 0.2) is 0 Å². The number of carbonyl (C=O) groups excluding carboxylic acids is 1. The average molecular weight is 387 g/mol. The van der Waals surface area contributed by atoms with E-state index in [2.05, 4.69) is 84.9 Å². The molecular weight excluding hydrogens is 356 g/mol. The lowest BCUT2D eigenvalue weighted by atomic mass is 9.74. The van der Waals surface area contributed by atoms with Gasteiger partial charge >= 0.3 is 5.97 Å². The van der Waals surface area contributed by atoms with Crippen molar-refractivity contribution in [2.75, 3.05) is 7.11 Å². The Bertz CT molecular complexity index is 846. The van der Waals surface area contributed by atoms with Crippen LogP contribution in [0.1, 0.15) is 55.2 Å². The number of hydrogen-bond donors (Lipinski definition) is 0. The Morgan fingerprint density at radius 1 is 0.759 bits per heavy atom. The van der Waals surface area contributed by atoms with Crippen molar-refractivity contribution < 1.29 is 9.53 Å². The van der Waals surface area contributed by atoms with E-state index in [1.807, 2.05) is 19.9 Å². The number of esters is 1. The zero-order valence-electron chi connectivity index (χ0n) is 17.5. The number of rotatable bonds is 8. The van der Waals surface area contributed by atoms with Crippen LogP contribution < -0.4 is 0 Å². The molecule has 2 heteroatoms. The van der Waals surface area contributed by atoms with Crippen molar-refractivity contribution in [1.29, 1.82) is 0 Å². The summed E-state index contributed by atoms with van der Waals surface area (Å²) in [6.45, 7) is 3.96. The fourth-order valence-electron chi connectivity index (χ4n) is 4.16. The van der Waals surface area contributed by atoms with Crippen molar-refractivity contribution in [1.82, 2.24) is 0 Å². The van der Waals surface area contributed by atoms with Gasteiger partial charge < -0.3 is 4.74 Å². The summed E-state index contributed by atoms with van der Waals surface area (Å²) < 4.78 is 5.09. The smallest absolute Gasteiger partial charge is 0.311 e. The Hall–Kier alpha value is -2.87. The summed E-state index contributed by atoms with van der Waals surface area (Å²) in [5.74, 6) is 0.334. The van der Waals surface area contributed by atoms with Crippen LogP contribution in [-0.2, 0) is 9.53 Å². The molecule has 0 amide bonds. The molecule has 1 unspecified atom stereocenters. The number of hydrogen-bond acceptors (Lipinski definition) is 2. The highest BCUT2D eigenvalue weighted by molar-refractivity contribution is 5.75. The summed E-state index contributed by atoms with van der Waals surface area (Å²) in [7, 11) is 1.47. The van der Waals surface area contributed by atoms with Gasteiger partial charge in [-0.25, -0.2) is 0 Å². The van der Waals surface area contributed by atoms with Crippen LogP contribution in [0.5, 0.6) is 0 Å². The van der Waals surface area contributed by atoms with E-state index in [4.69, 9.17) is 4.74 Å². The van der Waals surface area contributed by atoms with Crippen LogP contribution in [0.4, 0.5) is 0 Å². The first-order chi connectivity index (χ1) is 14.0. The first-order valence-electron chi connectivity index (χ1n) is 10.2. The molecule has 3 aromatic rings. The van der Waals surface area contributed by atoms with Crippen LogP contribution in [0.2, 0.25) is 0 Å². The van der Waals surface area contributed by atoms with Gasteiger partial charge in [0, 0.05) is 5.92 Å². The molecule has 2 nitrogen and oxygen atoms in total. The van der Waals surface area contributed by atoms with Gasteiger partial charge in [-0.2, -0.15) is 0 Å². The third-order valence-electron chi connectivity index (χ3n) is 5.69. The molecule has 150 valence electrons. The minimum atomic E-state index is -0.548. The standard InChI is InChI=1S/C27H30O2/c1-27(2,26(28)29-3)20-24(21-13-7-4-8-14-21)19-25(22-15-9-5-10-16-22)23-17-11-6-12-18-23/h4-18,24-25H,19-20H2,1-3H3. The monoisotopic (exact) mass is 386 g/mol. The average Bonchev–Trinajstić information content (AvgIpc) is 2.77. The molecule has 29 heavy (non-hydrogen) atoms. The lowest BCUT2D eigenvalue weighted by molar-refractivity contribution is -0.151. The fourth-order valence-corrected chi connectivity index (χ4v) is 4.16. The second-order valence-electron chi connectivity index (χ2n) is 8.30. The molecule has 0 aliphatic carbocycles. The molecule has 0 bridgehead atoms. The molecule has 0 aromatic heterocycles. The Kier molecular flexibility index (Phi) is 6.87. The topological polar surface area (TPSA) is 26.3 Å². The first kappa shape index (κ1) is 20.9. The molecule has 0 aliphatic heterocycles. The maximum atomic E-state index is 12.4. The molecule has 0 heterocycles. The molecule has 0 saturated heterocycles. The quantitative estimate of drug-likeness (QED) is 0.409. The number of carbonyl (C=O) groups is 1. The molecular formula is C27H30O2. The number of benzene rings is 3. The van der Waals surface area contributed by atoms with Crippen LogP contribution in [-0.4, -0.2) is 13.1 Å². The largest absolute Gasteiger partial charge is 0.469 e. The van der Waals surface area contributed by atoms with Gasteiger partial charge in [-0.1, -0.05) is 91.0 Å². The van der Waals surface area contributed by atoms with E-state index in [0.717, 1.165) is 12.8 Å². The predicted molar refractivity (Wildman–Crippen MR) is 119 cm³/mol. The lowest BCUT2D eigenvalue weighted by Crippen LogP contribution is -2.28. The highest BCUT2D eigenvalue weighted by atomic mass is 16.5. The van der Waals surface area contributed by atoms with Crippen molar-refractivity contribution in [2.45, 2.75) is 38.5 Å². The van der Waals surface area contributed by atoms with Crippen molar-refractivity contribution >= 4 is 5.97 Å². The second-order valence-corrected chi connectivity index (χ2v) is 8.30. The van der Waals surface area contributed by atoms with Crippen molar-refractivity contribution in [2.24, 2.45) is 5.41 Å². The fraction of sp³-hybridized carbons (Fsp3) is 0.296. The summed E-state index contributed by atoms with van der Waals surface area (Å²) in [4.78, 5) is 12.4. The summed E-state index contributed by atoms with van der Waals surface area (Å²) in [5.41, 5.74) is 3.32. The molecule has 0 fully saturated rings. The summed E-state index contributed by atoms with van der Waals surface area (Å²) in [5, 5.41) is 0. The normalized spacial score (nSPS) is 12.6. The second kappa shape index (κ2) is 9.56. The molecule has 0 saturated carbocycles. The van der Waals surface area contributed by atoms with Crippen LogP contribution in [0.25, 0.3) is 0 Å². The van der Waals surface area contributed by atoms with Gasteiger partial charge in [-0.15, -0.1) is 0 Å². The van der Waals surface area contributed by atoms with Crippen LogP contribution >= 0.6 is 0 Å². The van der Waals surface area contributed by atoms with E-state index in [0.29, 0.717) is 0 Å². The maximum absolute atomic E-state index is 12.4. The number of ether oxygens (including phenoxy) is 1. The van der Waals surface area contributed by atoms with Gasteiger partial charge in [-0.3, -0.25) is 4.79 Å². The minimum absolute atomic E-state index is 0.158. The van der Waals surface area contributed by atoms with Crippen molar-refractivity contribution in [3.63, 3.8) is 0 Å². The molecule has 0 spiro atoms. The zero-order valence-corrected chi connectivity index (χ0v) is 17.5. The predicted octanol–water partition coefficient (Wildman–Crippen LogP) is 6.58. The van der Waals surface area contributed by atoms with Crippen LogP contribution in [0.15, 0.2) is 91.0 Å². The third-order valence-corrected chi connectivity index (χ3v) is 5.69. The molecule has 1 atom stereocenters. The molecule has 3 rings (SSSR count). The van der Waals surface area contributed by atoms with Crippen molar-refractivity contribution in [3.05, 3.63) is 108 Å². The molecule has 0 aliphatic rings. The van der Waals surface area contributed by atoms with E-state index in [9.17, 15) is 4.79 Å². The highest BCUT2D eigenvalue weighted by Gasteiger charge is 2.34. The number of methoxy groups -OCH3 is 1. The van der Waals surface area contributed by atoms with E-state index in [1.165, 1.54) is 23.8 Å². The summed E-state index contributed by atoms with van der Waals surface area (Å²) in [6.07, 6.45) is 1.66. The summed E-state index contributed by atoms with van der Waals surface area (Å²) >= 11 is 0. The van der Waals surface area contributed by atoms with Gasteiger partial charge in [0.05, 0.1) is 12.5 Å².